The van der Waals surface area contributed by atoms with Gasteiger partial charge in [-0.15, -0.1) is 0 Å². The Morgan fingerprint density at radius 1 is 1.17 bits per heavy atom. The largest absolute Gasteiger partial charge is 0.404 e. The second-order valence-electron chi connectivity index (χ2n) is 5.90. The molecule has 0 fully saturated rings. The zero-order valence-electron chi connectivity index (χ0n) is 14.7. The molecular formula is C16H15F6N3O3S. The minimum absolute atomic E-state index is 0.162. The average Bonchev–Trinajstić information content (AvgIpc) is 2.91. The molecule has 2 rings (SSSR count). The van der Waals surface area contributed by atoms with Gasteiger partial charge in [0.25, 0.3) is 12.3 Å². The molecule has 1 atom stereocenters. The summed E-state index contributed by atoms with van der Waals surface area (Å²) in [5.74, 6) is -3.00. The highest BCUT2D eigenvalue weighted by Crippen LogP contribution is 2.26. The van der Waals surface area contributed by atoms with Crippen molar-refractivity contribution in [1.82, 2.24) is 9.29 Å². The number of halogens is 6. The Bertz CT molecular complexity index is 974. The number of hydrogen-bond acceptors (Lipinski definition) is 3. The van der Waals surface area contributed by atoms with Crippen molar-refractivity contribution in [3.63, 3.8) is 0 Å². The maximum atomic E-state index is 14.7. The number of sulfonamides is 1. The normalized spacial score (nSPS) is 13.5. The molecule has 29 heavy (non-hydrogen) atoms. The van der Waals surface area contributed by atoms with E-state index in [9.17, 15) is 39.6 Å². The number of nitrogens with one attached hydrogen (secondary N) is 2. The van der Waals surface area contributed by atoms with Crippen LogP contribution in [0.3, 0.4) is 0 Å². The van der Waals surface area contributed by atoms with Gasteiger partial charge in [0, 0.05) is 11.9 Å². The number of alkyl halides is 5. The van der Waals surface area contributed by atoms with Crippen LogP contribution in [0.15, 0.2) is 41.4 Å². The van der Waals surface area contributed by atoms with E-state index in [1.54, 1.807) is 6.07 Å². The number of amides is 1. The van der Waals surface area contributed by atoms with Crippen LogP contribution < -0.4 is 10.0 Å². The standard InChI is InChI=1S/C16H15F6N3O3S/c1-9(16(20,21)22)24-29(27,28)11-7-25(8-12(17)18)14(13(11)19)15(26)23-10-5-3-2-4-6-10/h2-7,9,12,24H,8H2,1H3,(H,23,26)/t9-/m1/s1. The summed E-state index contributed by atoms with van der Waals surface area (Å²) in [7, 11) is -5.11. The van der Waals surface area contributed by atoms with Crippen molar-refractivity contribution in [1.29, 1.82) is 0 Å². The molecule has 0 aliphatic carbocycles. The Kier molecular flexibility index (Phi) is 6.63. The molecule has 0 saturated carbocycles. The molecule has 0 unspecified atom stereocenters. The lowest BCUT2D eigenvalue weighted by Crippen LogP contribution is -2.43. The van der Waals surface area contributed by atoms with Crippen molar-refractivity contribution < 1.29 is 39.6 Å². The van der Waals surface area contributed by atoms with Crippen LogP contribution in [-0.4, -0.2) is 37.5 Å². The lowest BCUT2D eigenvalue weighted by atomic mass is 10.3. The van der Waals surface area contributed by atoms with Crippen molar-refractivity contribution in [3.8, 4) is 0 Å². The molecule has 0 aliphatic rings. The fourth-order valence-corrected chi connectivity index (χ4v) is 3.62. The van der Waals surface area contributed by atoms with E-state index < -0.39 is 57.5 Å². The van der Waals surface area contributed by atoms with Gasteiger partial charge in [0.1, 0.15) is 16.6 Å². The predicted molar refractivity (Wildman–Crippen MR) is 90.6 cm³/mol. The highest BCUT2D eigenvalue weighted by atomic mass is 32.2. The molecule has 160 valence electrons. The molecule has 1 aromatic carbocycles. The monoisotopic (exact) mass is 443 g/mol. The molecule has 13 heteroatoms. The molecule has 2 aromatic rings. The first-order valence-electron chi connectivity index (χ1n) is 7.95. The third-order valence-electron chi connectivity index (χ3n) is 3.68. The molecule has 1 amide bonds. The fraction of sp³-hybridized carbons (Fsp3) is 0.312. The van der Waals surface area contributed by atoms with E-state index in [2.05, 4.69) is 5.32 Å². The second kappa shape index (κ2) is 8.45. The first-order chi connectivity index (χ1) is 13.3. The lowest BCUT2D eigenvalue weighted by molar-refractivity contribution is -0.147. The number of para-hydroxylation sites is 1. The quantitative estimate of drug-likeness (QED) is 0.644. The van der Waals surface area contributed by atoms with Crippen molar-refractivity contribution >= 4 is 21.6 Å². The molecule has 0 saturated heterocycles. The van der Waals surface area contributed by atoms with Crippen LogP contribution in [0, 0.1) is 5.82 Å². The third kappa shape index (κ3) is 5.50. The Balaban J connectivity index is 2.46. The number of carbonyl (C=O) groups is 1. The van der Waals surface area contributed by atoms with Gasteiger partial charge in [-0.2, -0.15) is 17.9 Å². The smallest absolute Gasteiger partial charge is 0.334 e. The highest BCUT2D eigenvalue weighted by molar-refractivity contribution is 7.89. The first-order valence-corrected chi connectivity index (χ1v) is 9.43. The van der Waals surface area contributed by atoms with Crippen molar-refractivity contribution in [2.24, 2.45) is 0 Å². The van der Waals surface area contributed by atoms with Crippen LogP contribution in [0.4, 0.5) is 32.0 Å². The maximum Gasteiger partial charge on any atom is 0.404 e. The molecule has 1 aromatic heterocycles. The van der Waals surface area contributed by atoms with E-state index in [0.717, 1.165) is 0 Å². The van der Waals surface area contributed by atoms with Crippen LogP contribution in [0.25, 0.3) is 0 Å². The van der Waals surface area contributed by atoms with Gasteiger partial charge >= 0.3 is 6.18 Å². The predicted octanol–water partition coefficient (Wildman–Crippen LogP) is 3.37. The van der Waals surface area contributed by atoms with E-state index in [1.807, 2.05) is 0 Å². The van der Waals surface area contributed by atoms with Gasteiger partial charge in [-0.05, 0) is 19.1 Å². The molecule has 0 aliphatic heterocycles. The minimum Gasteiger partial charge on any atom is -0.334 e. The number of hydrogen-bond donors (Lipinski definition) is 2. The van der Waals surface area contributed by atoms with Crippen LogP contribution >= 0.6 is 0 Å². The van der Waals surface area contributed by atoms with E-state index >= 15 is 0 Å². The van der Waals surface area contributed by atoms with E-state index in [1.165, 1.54) is 29.0 Å². The fourth-order valence-electron chi connectivity index (χ4n) is 2.29. The van der Waals surface area contributed by atoms with Crippen LogP contribution in [0.2, 0.25) is 0 Å². The SMILES string of the molecule is C[C@@H](NS(=O)(=O)c1cn(CC(F)F)c(C(=O)Nc2ccccc2)c1F)C(F)(F)F. The number of carbonyl (C=O) groups excluding carboxylic acids is 1. The molecule has 6 nitrogen and oxygen atoms in total. The lowest BCUT2D eigenvalue weighted by Gasteiger charge is -2.16. The van der Waals surface area contributed by atoms with Crippen LogP contribution in [-0.2, 0) is 16.6 Å². The molecule has 1 heterocycles. The Morgan fingerprint density at radius 3 is 2.28 bits per heavy atom. The average molecular weight is 443 g/mol. The third-order valence-corrected chi connectivity index (χ3v) is 5.21. The first kappa shape index (κ1) is 22.7. The Hall–Kier alpha value is -2.54. The van der Waals surface area contributed by atoms with Gasteiger partial charge in [0.15, 0.2) is 5.82 Å². The summed E-state index contributed by atoms with van der Waals surface area (Å²) in [5, 5.41) is 2.20. The maximum absolute atomic E-state index is 14.7. The van der Waals surface area contributed by atoms with Crippen LogP contribution in [0.1, 0.15) is 17.4 Å². The summed E-state index contributed by atoms with van der Waals surface area (Å²) < 4.78 is 104. The highest BCUT2D eigenvalue weighted by Gasteiger charge is 2.40. The summed E-state index contributed by atoms with van der Waals surface area (Å²) in [4.78, 5) is 11.0. The molecule has 0 radical (unpaired) electrons. The molecule has 2 N–H and O–H groups in total. The van der Waals surface area contributed by atoms with Gasteiger partial charge < -0.3 is 9.88 Å². The summed E-state index contributed by atoms with van der Waals surface area (Å²) in [6.07, 6.45) is -7.71. The summed E-state index contributed by atoms with van der Waals surface area (Å²) in [6, 6.07) is 4.87. The molecular weight excluding hydrogens is 428 g/mol. The summed E-state index contributed by atoms with van der Waals surface area (Å²) in [5.41, 5.74) is -0.899. The van der Waals surface area contributed by atoms with Gasteiger partial charge in [-0.3, -0.25) is 4.79 Å². The summed E-state index contributed by atoms with van der Waals surface area (Å²) in [6.45, 7) is -0.770. The minimum atomic E-state index is -5.11. The summed E-state index contributed by atoms with van der Waals surface area (Å²) >= 11 is 0. The second-order valence-corrected chi connectivity index (χ2v) is 7.59. The number of aromatic nitrogens is 1. The van der Waals surface area contributed by atoms with E-state index in [0.29, 0.717) is 17.7 Å². The number of rotatable bonds is 7. The Labute approximate surface area is 161 Å². The topological polar surface area (TPSA) is 80.2 Å². The number of nitrogens with zero attached hydrogens (tertiary/aromatic N) is 1. The zero-order chi connectivity index (χ0) is 22.0. The van der Waals surface area contributed by atoms with Crippen molar-refractivity contribution in [2.75, 3.05) is 5.32 Å². The van der Waals surface area contributed by atoms with Gasteiger partial charge in [0.2, 0.25) is 10.0 Å². The van der Waals surface area contributed by atoms with Crippen LogP contribution in [0.5, 0.6) is 0 Å². The van der Waals surface area contributed by atoms with Gasteiger partial charge in [-0.25, -0.2) is 21.6 Å². The number of benzene rings is 1. The van der Waals surface area contributed by atoms with E-state index in [4.69, 9.17) is 0 Å². The van der Waals surface area contributed by atoms with E-state index in [-0.39, 0.29) is 5.69 Å². The van der Waals surface area contributed by atoms with Crippen molar-refractivity contribution in [3.05, 3.63) is 48.0 Å². The van der Waals surface area contributed by atoms with Crippen molar-refractivity contribution in [2.45, 2.75) is 37.0 Å². The molecule has 0 spiro atoms. The molecule has 0 bridgehead atoms. The van der Waals surface area contributed by atoms with Gasteiger partial charge in [0.05, 0.1) is 6.54 Å². The Morgan fingerprint density at radius 2 is 1.76 bits per heavy atom. The number of anilines is 1. The van der Waals surface area contributed by atoms with Gasteiger partial charge in [-0.1, -0.05) is 18.2 Å². The zero-order valence-corrected chi connectivity index (χ0v) is 15.5.